The number of nitrogens with zero attached hydrogens (tertiary/aromatic N) is 2. The molecule has 0 aliphatic carbocycles. The predicted molar refractivity (Wildman–Crippen MR) is 116 cm³/mol. The highest BCUT2D eigenvalue weighted by atomic mass is 35.5. The molecule has 5 nitrogen and oxygen atoms in total. The van der Waals surface area contributed by atoms with Crippen molar-refractivity contribution in [2.45, 2.75) is 12.3 Å². The number of para-hydroxylation sites is 1. The van der Waals surface area contributed by atoms with Crippen LogP contribution >= 0.6 is 24.2 Å². The minimum Gasteiger partial charge on any atom is -0.457 e. The van der Waals surface area contributed by atoms with Crippen LogP contribution in [0.5, 0.6) is 0 Å². The molecule has 32 heavy (non-hydrogen) atoms. The third-order valence-electron chi connectivity index (χ3n) is 4.81. The number of hydrogen-bond acceptors (Lipinski definition) is 5. The molecule has 0 fully saturated rings. The summed E-state index contributed by atoms with van der Waals surface area (Å²) in [5.41, 5.74) is -0.377. The second-order valence-electron chi connectivity index (χ2n) is 6.79. The zero-order valence-corrected chi connectivity index (χ0v) is 17.7. The van der Waals surface area contributed by atoms with E-state index < -0.39 is 23.8 Å². The quantitative estimate of drug-likeness (QED) is 0.461. The molecule has 0 saturated heterocycles. The maximum atomic E-state index is 13.1. The molecular weight excluding hydrogens is 463 g/mol. The summed E-state index contributed by atoms with van der Waals surface area (Å²) in [5, 5.41) is 12.2. The van der Waals surface area contributed by atoms with Gasteiger partial charge in [0.2, 0.25) is 0 Å². The van der Waals surface area contributed by atoms with Gasteiger partial charge in [-0.1, -0.05) is 29.8 Å². The van der Waals surface area contributed by atoms with Crippen LogP contribution in [0.15, 0.2) is 75.7 Å². The van der Waals surface area contributed by atoms with Gasteiger partial charge in [-0.25, -0.2) is 0 Å². The molecular formula is C22H13ClF3N3O2S. The van der Waals surface area contributed by atoms with Gasteiger partial charge in [0, 0.05) is 11.3 Å². The first kappa shape index (κ1) is 21.9. The van der Waals surface area contributed by atoms with Crippen LogP contribution in [-0.4, -0.2) is 5.91 Å². The molecule has 0 radical (unpaired) electrons. The largest absolute Gasteiger partial charge is 0.457 e. The summed E-state index contributed by atoms with van der Waals surface area (Å²) in [7, 11) is 0. The number of halogens is 4. The second-order valence-corrected chi connectivity index (χ2v) is 7.62. The van der Waals surface area contributed by atoms with Crippen LogP contribution in [0.1, 0.15) is 17.5 Å². The number of hydrogen-bond donors (Lipinski definition) is 2. The van der Waals surface area contributed by atoms with E-state index in [1.54, 1.807) is 35.2 Å². The molecule has 4 rings (SSSR count). The highest BCUT2D eigenvalue weighted by Crippen LogP contribution is 2.40. The maximum absolute atomic E-state index is 13.1. The molecule has 0 bridgehead atoms. The normalized spacial score (nSPS) is 16.7. The number of nitriles is 1. The Balaban J connectivity index is 1.79. The van der Waals surface area contributed by atoms with E-state index in [0.717, 1.165) is 18.2 Å². The molecule has 1 aromatic heterocycles. The number of carbonyl (C=O) groups is 1. The lowest BCUT2D eigenvalue weighted by Gasteiger charge is -2.36. The number of thiol groups is 1. The Kier molecular flexibility index (Phi) is 5.67. The van der Waals surface area contributed by atoms with Crippen LogP contribution < -0.4 is 10.2 Å². The molecule has 0 spiro atoms. The molecule has 1 N–H and O–H groups in total. The summed E-state index contributed by atoms with van der Waals surface area (Å²) >= 11 is 10.5. The van der Waals surface area contributed by atoms with Crippen molar-refractivity contribution in [3.8, 4) is 17.4 Å². The maximum Gasteiger partial charge on any atom is 0.416 e. The average Bonchev–Trinajstić information content (AvgIpc) is 3.23. The van der Waals surface area contributed by atoms with Gasteiger partial charge in [0.15, 0.2) is 6.17 Å². The van der Waals surface area contributed by atoms with Crippen LogP contribution in [0, 0.1) is 11.3 Å². The van der Waals surface area contributed by atoms with E-state index in [-0.39, 0.29) is 32.7 Å². The molecule has 2 aromatic carbocycles. The smallest absolute Gasteiger partial charge is 0.416 e. The molecule has 1 unspecified atom stereocenters. The monoisotopic (exact) mass is 475 g/mol. The first-order valence-corrected chi connectivity index (χ1v) is 9.98. The zero-order valence-electron chi connectivity index (χ0n) is 16.0. The Morgan fingerprint density at radius 1 is 1.12 bits per heavy atom. The average molecular weight is 476 g/mol. The van der Waals surface area contributed by atoms with Crippen LogP contribution in [0.25, 0.3) is 11.3 Å². The van der Waals surface area contributed by atoms with E-state index in [0.29, 0.717) is 5.69 Å². The number of furan rings is 1. The standard InChI is InChI=1S/C22H13ClF3N3O2S/c23-16-7-6-12(22(24,25)26)10-14(16)17-8-9-18(31-17)19-28-20(30)15(11-27)21(32)29(19)13-4-2-1-3-5-13/h1-10,19,32H,(H,28,30). The molecule has 1 aliphatic heterocycles. The molecule has 162 valence electrons. The lowest BCUT2D eigenvalue weighted by molar-refractivity contribution is -0.137. The minimum absolute atomic E-state index is 0.0560. The van der Waals surface area contributed by atoms with Crippen molar-refractivity contribution < 1.29 is 22.4 Å². The summed E-state index contributed by atoms with van der Waals surface area (Å²) in [6.45, 7) is 0. The van der Waals surface area contributed by atoms with Gasteiger partial charge in [0.1, 0.15) is 23.2 Å². The first-order valence-electron chi connectivity index (χ1n) is 9.16. The molecule has 10 heteroatoms. The molecule has 3 aromatic rings. The highest BCUT2D eigenvalue weighted by molar-refractivity contribution is 7.84. The second kappa shape index (κ2) is 8.30. The van der Waals surface area contributed by atoms with Gasteiger partial charge in [0.25, 0.3) is 5.91 Å². The van der Waals surface area contributed by atoms with Crippen molar-refractivity contribution >= 4 is 35.8 Å². The topological polar surface area (TPSA) is 69.3 Å². The van der Waals surface area contributed by atoms with E-state index in [2.05, 4.69) is 17.9 Å². The van der Waals surface area contributed by atoms with Gasteiger partial charge in [0.05, 0.1) is 15.6 Å². The highest BCUT2D eigenvalue weighted by Gasteiger charge is 2.36. The van der Waals surface area contributed by atoms with E-state index in [9.17, 15) is 23.2 Å². The number of alkyl halides is 3. The van der Waals surface area contributed by atoms with Crippen LogP contribution in [0.3, 0.4) is 0 Å². The Bertz CT molecular complexity index is 1270. The van der Waals surface area contributed by atoms with Gasteiger partial charge < -0.3 is 14.6 Å². The number of benzene rings is 2. The van der Waals surface area contributed by atoms with E-state index in [1.807, 2.05) is 6.07 Å². The minimum atomic E-state index is -4.55. The molecule has 1 amide bonds. The Hall–Kier alpha value is -3.35. The van der Waals surface area contributed by atoms with Gasteiger partial charge in [-0.3, -0.25) is 4.79 Å². The van der Waals surface area contributed by atoms with Crippen LogP contribution in [-0.2, 0) is 11.0 Å². The van der Waals surface area contributed by atoms with E-state index >= 15 is 0 Å². The fourth-order valence-corrected chi connectivity index (χ4v) is 3.89. The molecule has 0 saturated carbocycles. The number of amides is 1. The van der Waals surface area contributed by atoms with E-state index in [1.165, 1.54) is 12.1 Å². The van der Waals surface area contributed by atoms with Gasteiger partial charge >= 0.3 is 6.18 Å². The summed E-state index contributed by atoms with van der Waals surface area (Å²) < 4.78 is 45.2. The first-order chi connectivity index (χ1) is 15.2. The van der Waals surface area contributed by atoms with Crippen molar-refractivity contribution in [3.63, 3.8) is 0 Å². The Labute approximate surface area is 191 Å². The molecule has 2 heterocycles. The van der Waals surface area contributed by atoms with Gasteiger partial charge in [-0.05, 0) is 42.5 Å². The summed E-state index contributed by atoms with van der Waals surface area (Å²) in [6.07, 6.45) is -5.44. The predicted octanol–water partition coefficient (Wildman–Crippen LogP) is 5.92. The van der Waals surface area contributed by atoms with Gasteiger partial charge in [-0.2, -0.15) is 18.4 Å². The fraction of sp³-hybridized carbons (Fsp3) is 0.0909. The lowest BCUT2D eigenvalue weighted by atomic mass is 10.1. The molecule has 1 aliphatic rings. The van der Waals surface area contributed by atoms with Crippen molar-refractivity contribution in [2.24, 2.45) is 0 Å². The summed E-state index contributed by atoms with van der Waals surface area (Å²) in [6, 6.07) is 16.6. The Morgan fingerprint density at radius 2 is 1.84 bits per heavy atom. The number of anilines is 1. The lowest BCUT2D eigenvalue weighted by Crippen LogP contribution is -2.45. The summed E-state index contributed by atoms with van der Waals surface area (Å²) in [4.78, 5) is 14.0. The van der Waals surface area contributed by atoms with E-state index in [4.69, 9.17) is 16.0 Å². The SMILES string of the molecule is N#CC1=C(S)N(c2ccccc2)C(c2ccc(-c3cc(C(F)(F)F)ccc3Cl)o2)NC1=O. The number of rotatable bonds is 3. The van der Waals surface area contributed by atoms with Crippen LogP contribution in [0.4, 0.5) is 18.9 Å². The van der Waals surface area contributed by atoms with Crippen LogP contribution in [0.2, 0.25) is 5.02 Å². The number of carbonyl (C=O) groups excluding carboxylic acids is 1. The van der Waals surface area contributed by atoms with Gasteiger partial charge in [-0.15, -0.1) is 12.6 Å². The molecule has 1 atom stereocenters. The fourth-order valence-electron chi connectivity index (χ4n) is 3.30. The van der Waals surface area contributed by atoms with Crippen molar-refractivity contribution in [3.05, 3.63) is 87.6 Å². The zero-order chi connectivity index (χ0) is 23.0. The third-order valence-corrected chi connectivity index (χ3v) is 5.58. The van der Waals surface area contributed by atoms with Crippen molar-refractivity contribution in [1.29, 1.82) is 5.26 Å². The summed E-state index contributed by atoms with van der Waals surface area (Å²) in [5.74, 6) is -0.340. The third kappa shape index (κ3) is 3.95. The Morgan fingerprint density at radius 3 is 2.50 bits per heavy atom. The van der Waals surface area contributed by atoms with Crippen molar-refractivity contribution in [2.75, 3.05) is 4.90 Å². The van der Waals surface area contributed by atoms with Crippen molar-refractivity contribution in [1.82, 2.24) is 5.32 Å². The number of nitrogens with one attached hydrogen (secondary N) is 1.